The summed E-state index contributed by atoms with van der Waals surface area (Å²) in [6.45, 7) is 3.58. The maximum absolute atomic E-state index is 12.2. The fourth-order valence-corrected chi connectivity index (χ4v) is 2.59. The molecule has 1 aromatic carbocycles. The van der Waals surface area contributed by atoms with E-state index >= 15 is 0 Å². The molecule has 19 heavy (non-hydrogen) atoms. The van der Waals surface area contributed by atoms with Gasteiger partial charge in [0.2, 0.25) is 5.91 Å². The molecule has 102 valence electrons. The van der Waals surface area contributed by atoms with Crippen LogP contribution in [0.15, 0.2) is 12.1 Å². The van der Waals surface area contributed by atoms with Gasteiger partial charge in [-0.15, -0.1) is 0 Å². The van der Waals surface area contributed by atoms with Crippen LogP contribution in [0.2, 0.25) is 15.1 Å². The predicted molar refractivity (Wildman–Crippen MR) is 78.7 cm³/mol. The summed E-state index contributed by atoms with van der Waals surface area (Å²) in [4.78, 5) is 12.2. The van der Waals surface area contributed by atoms with Crippen molar-refractivity contribution in [2.24, 2.45) is 5.41 Å². The smallest absolute Gasteiger partial charge is 0.244 e. The van der Waals surface area contributed by atoms with Crippen molar-refractivity contribution in [3.63, 3.8) is 0 Å². The number of benzene rings is 1. The van der Waals surface area contributed by atoms with Gasteiger partial charge in [0.15, 0.2) is 0 Å². The molecule has 0 saturated heterocycles. The van der Waals surface area contributed by atoms with Crippen LogP contribution in [-0.2, 0) is 4.79 Å². The summed E-state index contributed by atoms with van der Waals surface area (Å²) in [6, 6.07) is 5.03. The lowest BCUT2D eigenvalue weighted by Gasteiger charge is -2.22. The standard InChI is InChI=1S/C13H13Cl3N2O/c1-3-13(4-2,7-17)12(19)18-11-9(15)5-8(14)6-10(11)16/h5-6H,3-4H2,1-2H3,(H,18,19). The first-order chi connectivity index (χ1) is 8.90. The third-order valence-electron chi connectivity index (χ3n) is 3.10. The monoisotopic (exact) mass is 318 g/mol. The first-order valence-electron chi connectivity index (χ1n) is 5.77. The molecule has 1 aromatic rings. The van der Waals surface area contributed by atoms with Crippen LogP contribution in [0.4, 0.5) is 5.69 Å². The zero-order chi connectivity index (χ0) is 14.6. The van der Waals surface area contributed by atoms with Crippen LogP contribution in [0, 0.1) is 16.7 Å². The van der Waals surface area contributed by atoms with E-state index in [1.54, 1.807) is 13.8 Å². The van der Waals surface area contributed by atoms with Gasteiger partial charge in [-0.2, -0.15) is 5.26 Å². The Bertz CT molecular complexity index is 510. The molecule has 0 aromatic heterocycles. The highest BCUT2D eigenvalue weighted by molar-refractivity contribution is 6.42. The molecule has 1 amide bonds. The van der Waals surface area contributed by atoms with Crippen LogP contribution >= 0.6 is 34.8 Å². The van der Waals surface area contributed by atoms with E-state index in [9.17, 15) is 10.1 Å². The van der Waals surface area contributed by atoms with Gasteiger partial charge in [0.1, 0.15) is 5.41 Å². The summed E-state index contributed by atoms with van der Waals surface area (Å²) < 4.78 is 0. The number of nitriles is 1. The molecule has 0 aliphatic rings. The fourth-order valence-electron chi connectivity index (χ4n) is 1.67. The number of halogens is 3. The van der Waals surface area contributed by atoms with E-state index in [-0.39, 0.29) is 15.7 Å². The Morgan fingerprint density at radius 3 is 2.11 bits per heavy atom. The number of rotatable bonds is 4. The number of nitrogens with one attached hydrogen (secondary N) is 1. The Morgan fingerprint density at radius 1 is 1.26 bits per heavy atom. The Morgan fingerprint density at radius 2 is 1.74 bits per heavy atom. The maximum atomic E-state index is 12.2. The molecule has 1 N–H and O–H groups in total. The molecule has 0 fully saturated rings. The summed E-state index contributed by atoms with van der Waals surface area (Å²) in [6.07, 6.45) is 0.823. The van der Waals surface area contributed by atoms with Gasteiger partial charge in [0.05, 0.1) is 21.8 Å². The molecule has 0 aliphatic carbocycles. The van der Waals surface area contributed by atoms with E-state index in [1.807, 2.05) is 0 Å². The second-order valence-electron chi connectivity index (χ2n) is 4.10. The van der Waals surface area contributed by atoms with E-state index < -0.39 is 11.3 Å². The molecule has 0 heterocycles. The van der Waals surface area contributed by atoms with E-state index in [0.29, 0.717) is 17.9 Å². The molecule has 0 unspecified atom stereocenters. The van der Waals surface area contributed by atoms with Crippen molar-refractivity contribution in [1.29, 1.82) is 5.26 Å². The molecule has 0 aliphatic heterocycles. The van der Waals surface area contributed by atoms with Crippen molar-refractivity contribution in [3.05, 3.63) is 27.2 Å². The highest BCUT2D eigenvalue weighted by Crippen LogP contribution is 2.36. The highest BCUT2D eigenvalue weighted by Gasteiger charge is 2.35. The van der Waals surface area contributed by atoms with Gasteiger partial charge in [-0.1, -0.05) is 48.7 Å². The van der Waals surface area contributed by atoms with Gasteiger partial charge in [0.25, 0.3) is 0 Å². The molecule has 6 heteroatoms. The molecular weight excluding hydrogens is 307 g/mol. The van der Waals surface area contributed by atoms with E-state index in [0.717, 1.165) is 0 Å². The molecule has 1 rings (SSSR count). The molecule has 0 saturated carbocycles. The van der Waals surface area contributed by atoms with E-state index in [2.05, 4.69) is 11.4 Å². The topological polar surface area (TPSA) is 52.9 Å². The lowest BCUT2D eigenvalue weighted by Crippen LogP contribution is -2.34. The minimum atomic E-state index is -1.08. The Labute approximate surface area is 127 Å². The van der Waals surface area contributed by atoms with Crippen LogP contribution in [0.1, 0.15) is 26.7 Å². The van der Waals surface area contributed by atoms with Crippen LogP contribution in [0.25, 0.3) is 0 Å². The van der Waals surface area contributed by atoms with Gasteiger partial charge in [0, 0.05) is 5.02 Å². The predicted octanol–water partition coefficient (Wildman–Crippen LogP) is 4.92. The van der Waals surface area contributed by atoms with Crippen LogP contribution < -0.4 is 5.32 Å². The van der Waals surface area contributed by atoms with Gasteiger partial charge < -0.3 is 5.32 Å². The van der Waals surface area contributed by atoms with Crippen molar-refractivity contribution in [1.82, 2.24) is 0 Å². The quantitative estimate of drug-likeness (QED) is 0.856. The van der Waals surface area contributed by atoms with Crippen LogP contribution in [-0.4, -0.2) is 5.91 Å². The minimum absolute atomic E-state index is 0.241. The van der Waals surface area contributed by atoms with Gasteiger partial charge >= 0.3 is 0 Å². The number of amides is 1. The summed E-state index contributed by atoms with van der Waals surface area (Å²) in [7, 11) is 0. The zero-order valence-corrected chi connectivity index (χ0v) is 12.8. The average Bonchev–Trinajstić information content (AvgIpc) is 2.36. The second kappa shape index (κ2) is 6.47. The normalized spacial score (nSPS) is 10.9. The largest absolute Gasteiger partial charge is 0.322 e. The average molecular weight is 320 g/mol. The third kappa shape index (κ3) is 3.33. The van der Waals surface area contributed by atoms with Crippen molar-refractivity contribution >= 4 is 46.4 Å². The van der Waals surface area contributed by atoms with Gasteiger partial charge in [-0.05, 0) is 25.0 Å². The van der Waals surface area contributed by atoms with Crippen molar-refractivity contribution in [2.75, 3.05) is 5.32 Å². The third-order valence-corrected chi connectivity index (χ3v) is 3.92. The summed E-state index contributed by atoms with van der Waals surface area (Å²) in [5.74, 6) is -0.411. The first kappa shape index (κ1) is 16.1. The second-order valence-corrected chi connectivity index (χ2v) is 5.35. The molecule has 0 bridgehead atoms. The van der Waals surface area contributed by atoms with Crippen molar-refractivity contribution in [3.8, 4) is 6.07 Å². The number of hydrogen-bond acceptors (Lipinski definition) is 2. The van der Waals surface area contributed by atoms with Gasteiger partial charge in [-0.25, -0.2) is 0 Å². The molecular formula is C13H13Cl3N2O. The van der Waals surface area contributed by atoms with Gasteiger partial charge in [-0.3, -0.25) is 4.79 Å². The SMILES string of the molecule is CCC(C#N)(CC)C(=O)Nc1c(Cl)cc(Cl)cc1Cl. The van der Waals surface area contributed by atoms with Crippen molar-refractivity contribution < 1.29 is 4.79 Å². The maximum Gasteiger partial charge on any atom is 0.244 e. The summed E-state index contributed by atoms with van der Waals surface area (Å²) in [5.41, 5.74) is -0.800. The molecule has 0 radical (unpaired) electrons. The minimum Gasteiger partial charge on any atom is -0.322 e. The van der Waals surface area contributed by atoms with E-state index in [4.69, 9.17) is 34.8 Å². The number of carbonyl (C=O) groups is 1. The van der Waals surface area contributed by atoms with Crippen LogP contribution in [0.5, 0.6) is 0 Å². The Hall–Kier alpha value is -0.950. The van der Waals surface area contributed by atoms with E-state index in [1.165, 1.54) is 12.1 Å². The summed E-state index contributed by atoms with van der Waals surface area (Å²) >= 11 is 17.8. The lowest BCUT2D eigenvalue weighted by molar-refractivity contribution is -0.123. The number of anilines is 1. The fraction of sp³-hybridized carbons (Fsp3) is 0.385. The first-order valence-corrected chi connectivity index (χ1v) is 6.90. The zero-order valence-electron chi connectivity index (χ0n) is 10.6. The molecule has 0 spiro atoms. The summed E-state index contributed by atoms with van der Waals surface area (Å²) in [5, 5.41) is 12.7. The highest BCUT2D eigenvalue weighted by atomic mass is 35.5. The Balaban J connectivity index is 3.11. The molecule has 3 nitrogen and oxygen atoms in total. The van der Waals surface area contributed by atoms with Crippen LogP contribution in [0.3, 0.4) is 0 Å². The molecule has 0 atom stereocenters. The Kier molecular flexibility index (Phi) is 5.49. The lowest BCUT2D eigenvalue weighted by atomic mass is 9.83. The van der Waals surface area contributed by atoms with Crippen molar-refractivity contribution in [2.45, 2.75) is 26.7 Å². The number of nitrogens with zero attached hydrogens (tertiary/aromatic N) is 1. The number of hydrogen-bond donors (Lipinski definition) is 1. The number of carbonyl (C=O) groups excluding carboxylic acids is 1.